The van der Waals surface area contributed by atoms with Gasteiger partial charge in [0.25, 0.3) is 0 Å². The summed E-state index contributed by atoms with van der Waals surface area (Å²) in [5.74, 6) is -0.926. The van der Waals surface area contributed by atoms with E-state index in [1.54, 1.807) is 38.3 Å². The van der Waals surface area contributed by atoms with Gasteiger partial charge >= 0.3 is 51.4 Å². The smallest absolute Gasteiger partial charge is 0.550 e. The summed E-state index contributed by atoms with van der Waals surface area (Å²) in [5.41, 5.74) is 0.723. The van der Waals surface area contributed by atoms with Crippen LogP contribution >= 0.6 is 0 Å². The molecule has 1 unspecified atom stereocenters. The predicted octanol–water partition coefficient (Wildman–Crippen LogP) is -2.45. The number of carboxylic acids is 1. The second-order valence-corrected chi connectivity index (χ2v) is 2.81. The third-order valence-electron chi connectivity index (χ3n) is 1.97. The Morgan fingerprint density at radius 1 is 1.36 bits per heavy atom. The van der Waals surface area contributed by atoms with Crippen molar-refractivity contribution >= 4 is 5.97 Å². The Morgan fingerprint density at radius 3 is 2.21 bits per heavy atom. The van der Waals surface area contributed by atoms with Crippen molar-refractivity contribution in [1.82, 2.24) is 0 Å². The van der Waals surface area contributed by atoms with Gasteiger partial charge in [-0.15, -0.1) is 0 Å². The van der Waals surface area contributed by atoms with Crippen LogP contribution in [-0.4, -0.2) is 13.1 Å². The maximum Gasteiger partial charge on any atom is 1.00 e. The molecule has 1 rings (SSSR count). The molecular weight excluding hydrogens is 207 g/mol. The van der Waals surface area contributed by atoms with Crippen molar-refractivity contribution in [2.24, 2.45) is 0 Å². The van der Waals surface area contributed by atoms with E-state index in [4.69, 9.17) is 4.74 Å². The number of aliphatic carboxylic acids is 1. The Balaban J connectivity index is 0.00000169. The van der Waals surface area contributed by atoms with Crippen LogP contribution in [0.3, 0.4) is 0 Å². The zero-order valence-electron chi connectivity index (χ0n) is 8.61. The zero-order valence-corrected chi connectivity index (χ0v) is 11.7. The summed E-state index contributed by atoms with van der Waals surface area (Å²) in [5, 5.41) is 10.5. The Kier molecular flexibility index (Phi) is 6.64. The fourth-order valence-electron chi connectivity index (χ4n) is 1.03. The molecule has 70 valence electrons. The molecule has 1 aromatic carbocycles. The molecule has 3 nitrogen and oxygen atoms in total. The third-order valence-corrected chi connectivity index (χ3v) is 1.97. The molecule has 0 aliphatic heterocycles. The number of carbonyl (C=O) groups excluding carboxylic acids is 1. The van der Waals surface area contributed by atoms with E-state index < -0.39 is 11.9 Å². The van der Waals surface area contributed by atoms with Crippen molar-refractivity contribution in [1.29, 1.82) is 0 Å². The van der Waals surface area contributed by atoms with Crippen molar-refractivity contribution in [3.63, 3.8) is 0 Å². The van der Waals surface area contributed by atoms with Crippen LogP contribution < -0.4 is 61.2 Å². The van der Waals surface area contributed by atoms with E-state index in [2.05, 4.69) is 0 Å². The van der Waals surface area contributed by atoms with Gasteiger partial charge < -0.3 is 14.6 Å². The first kappa shape index (κ1) is 14.1. The topological polar surface area (TPSA) is 49.4 Å². The number of carboxylic acid groups (broad SMARTS) is 1. The van der Waals surface area contributed by atoms with Gasteiger partial charge in [-0.1, -0.05) is 19.1 Å². The number of benzene rings is 1. The number of hydrogen-bond acceptors (Lipinski definition) is 3. The molecule has 0 saturated carbocycles. The summed E-state index contributed by atoms with van der Waals surface area (Å²) < 4.78 is 4.95. The van der Waals surface area contributed by atoms with Gasteiger partial charge in [0, 0.05) is 11.9 Å². The van der Waals surface area contributed by atoms with E-state index in [1.165, 1.54) is 0 Å². The monoisotopic (exact) mass is 218 g/mol. The van der Waals surface area contributed by atoms with Crippen LogP contribution in [0.5, 0.6) is 5.75 Å². The molecular formula is C10H11KO3. The quantitative estimate of drug-likeness (QED) is 0.529. The number of carbonyl (C=O) groups is 1. The first-order valence-corrected chi connectivity index (χ1v) is 4.00. The molecule has 0 spiro atoms. The Labute approximate surface area is 126 Å². The second kappa shape index (κ2) is 6.58. The molecule has 0 aliphatic rings. The summed E-state index contributed by atoms with van der Waals surface area (Å²) >= 11 is 0. The van der Waals surface area contributed by atoms with Crippen LogP contribution in [0.15, 0.2) is 24.3 Å². The predicted molar refractivity (Wildman–Crippen MR) is 46.4 cm³/mol. The molecule has 0 N–H and O–H groups in total. The van der Waals surface area contributed by atoms with E-state index in [9.17, 15) is 9.90 Å². The minimum atomic E-state index is -1.06. The third kappa shape index (κ3) is 3.71. The minimum absolute atomic E-state index is 0. The van der Waals surface area contributed by atoms with Crippen LogP contribution in [0.2, 0.25) is 0 Å². The summed E-state index contributed by atoms with van der Waals surface area (Å²) in [4.78, 5) is 10.5. The Hall–Kier alpha value is 0.126. The number of rotatable bonds is 3. The van der Waals surface area contributed by atoms with Crippen molar-refractivity contribution in [2.45, 2.75) is 12.8 Å². The number of ether oxygens (including phenoxy) is 1. The molecule has 1 atom stereocenters. The van der Waals surface area contributed by atoms with Gasteiger partial charge in [0.05, 0.1) is 7.11 Å². The molecule has 0 aliphatic carbocycles. The average Bonchev–Trinajstić information content (AvgIpc) is 2.17. The van der Waals surface area contributed by atoms with Gasteiger partial charge in [-0.05, 0) is 17.7 Å². The number of methoxy groups -OCH3 is 1. The zero-order chi connectivity index (χ0) is 9.84. The largest absolute Gasteiger partial charge is 1.00 e. The molecule has 0 fully saturated rings. The van der Waals surface area contributed by atoms with Gasteiger partial charge in [-0.3, -0.25) is 0 Å². The molecule has 1 aromatic rings. The van der Waals surface area contributed by atoms with Crippen LogP contribution in [0.4, 0.5) is 0 Å². The van der Waals surface area contributed by atoms with E-state index in [1.807, 2.05) is 0 Å². The van der Waals surface area contributed by atoms with Gasteiger partial charge in [-0.2, -0.15) is 0 Å². The van der Waals surface area contributed by atoms with Crippen LogP contribution in [0.1, 0.15) is 18.4 Å². The van der Waals surface area contributed by atoms with E-state index in [0.717, 1.165) is 5.56 Å². The van der Waals surface area contributed by atoms with E-state index in [0.29, 0.717) is 5.75 Å². The van der Waals surface area contributed by atoms with Crippen molar-refractivity contribution in [2.75, 3.05) is 7.11 Å². The first-order chi connectivity index (χ1) is 6.15. The molecule has 0 radical (unpaired) electrons. The normalized spacial score (nSPS) is 11.3. The molecule has 0 bridgehead atoms. The fourth-order valence-corrected chi connectivity index (χ4v) is 1.03. The van der Waals surface area contributed by atoms with Crippen molar-refractivity contribution < 1.29 is 66.0 Å². The van der Waals surface area contributed by atoms with Crippen LogP contribution in [0.25, 0.3) is 0 Å². The SMILES string of the molecule is COc1ccc(C(C)C(=O)[O-])cc1.[K+]. The van der Waals surface area contributed by atoms with Gasteiger partial charge in [0.2, 0.25) is 0 Å². The first-order valence-electron chi connectivity index (χ1n) is 4.00. The van der Waals surface area contributed by atoms with Crippen LogP contribution in [-0.2, 0) is 4.79 Å². The van der Waals surface area contributed by atoms with Gasteiger partial charge in [0.15, 0.2) is 0 Å². The number of hydrogen-bond donors (Lipinski definition) is 0. The summed E-state index contributed by atoms with van der Waals surface area (Å²) in [6, 6.07) is 6.90. The molecule has 4 heteroatoms. The summed E-state index contributed by atoms with van der Waals surface area (Å²) in [6.07, 6.45) is 0. The average molecular weight is 218 g/mol. The van der Waals surface area contributed by atoms with Gasteiger partial charge in [0.1, 0.15) is 5.75 Å². The van der Waals surface area contributed by atoms with Crippen molar-refractivity contribution in [3.05, 3.63) is 29.8 Å². The molecule has 0 aromatic heterocycles. The van der Waals surface area contributed by atoms with Gasteiger partial charge in [-0.25, -0.2) is 0 Å². The molecule has 0 saturated heterocycles. The maximum atomic E-state index is 10.5. The molecule has 14 heavy (non-hydrogen) atoms. The Bertz CT molecular complexity index is 295. The summed E-state index contributed by atoms with van der Waals surface area (Å²) in [6.45, 7) is 1.59. The molecule has 0 amide bonds. The summed E-state index contributed by atoms with van der Waals surface area (Å²) in [7, 11) is 1.57. The van der Waals surface area contributed by atoms with E-state index >= 15 is 0 Å². The molecule has 0 heterocycles. The maximum absolute atomic E-state index is 10.5. The Morgan fingerprint density at radius 2 is 1.86 bits per heavy atom. The van der Waals surface area contributed by atoms with E-state index in [-0.39, 0.29) is 51.4 Å². The fraction of sp³-hybridized carbons (Fsp3) is 0.300. The second-order valence-electron chi connectivity index (χ2n) is 2.81. The van der Waals surface area contributed by atoms with Crippen molar-refractivity contribution in [3.8, 4) is 5.75 Å². The standard InChI is InChI=1S/C10H12O3.K/c1-7(10(11)12)8-3-5-9(13-2)6-4-8;/h3-7H,1-2H3,(H,11,12);/q;+1/p-1. The minimum Gasteiger partial charge on any atom is -0.550 e. The van der Waals surface area contributed by atoms with Crippen LogP contribution in [0, 0.1) is 0 Å².